The molecule has 0 aliphatic heterocycles. The van der Waals surface area contributed by atoms with Gasteiger partial charge < -0.3 is 0 Å². The Morgan fingerprint density at radius 2 is 1.73 bits per heavy atom. The van der Waals surface area contributed by atoms with E-state index in [1.165, 1.54) is 46.8 Å². The van der Waals surface area contributed by atoms with Crippen LogP contribution < -0.4 is 4.90 Å². The van der Waals surface area contributed by atoms with Gasteiger partial charge in [-0.2, -0.15) is 0 Å². The van der Waals surface area contributed by atoms with Crippen LogP contribution in [0.3, 0.4) is 0 Å². The summed E-state index contributed by atoms with van der Waals surface area (Å²) in [5, 5.41) is 1.09. The Morgan fingerprint density at radius 3 is 2.40 bits per heavy atom. The van der Waals surface area contributed by atoms with Crippen LogP contribution in [-0.2, 0) is 10.8 Å². The fraction of sp³-hybridized carbons (Fsp3) is 0.444. The molecule has 3 heteroatoms. The van der Waals surface area contributed by atoms with Crippen molar-refractivity contribution < 1.29 is 0 Å². The summed E-state index contributed by atoms with van der Waals surface area (Å²) in [4.78, 5) is 9.11. The van der Waals surface area contributed by atoms with Crippen LogP contribution in [0.2, 0.25) is 0 Å². The van der Waals surface area contributed by atoms with Gasteiger partial charge in [-0.3, -0.25) is 4.90 Å². The highest BCUT2D eigenvalue weighted by atomic mass is 32.1. The van der Waals surface area contributed by atoms with Gasteiger partial charge in [0.25, 0.3) is 0 Å². The molecule has 0 spiro atoms. The Morgan fingerprint density at radius 1 is 1.03 bits per heavy atom. The topological polar surface area (TPSA) is 16.1 Å². The quantitative estimate of drug-likeness (QED) is 0.496. The molecule has 0 fully saturated rings. The number of aromatic nitrogens is 1. The Balaban J connectivity index is 1.86. The normalized spacial score (nSPS) is 19.6. The van der Waals surface area contributed by atoms with Gasteiger partial charge in [-0.25, -0.2) is 4.98 Å². The van der Waals surface area contributed by atoms with E-state index in [9.17, 15) is 0 Å². The Kier molecular flexibility index (Phi) is 5.52. The molecule has 2 aliphatic rings. The zero-order valence-corrected chi connectivity index (χ0v) is 19.9. The van der Waals surface area contributed by atoms with Crippen LogP contribution in [0.4, 0.5) is 10.8 Å². The van der Waals surface area contributed by atoms with Gasteiger partial charge in [0.05, 0.1) is 5.69 Å². The summed E-state index contributed by atoms with van der Waals surface area (Å²) >= 11 is 1.88. The van der Waals surface area contributed by atoms with Crippen LogP contribution in [0.5, 0.6) is 0 Å². The van der Waals surface area contributed by atoms with E-state index < -0.39 is 0 Å². The molecule has 1 aromatic heterocycles. The highest BCUT2D eigenvalue weighted by Crippen LogP contribution is 2.50. The SMILES string of the molecule is C=C(C)c1ccc(N(C2=CCCCC=C2)c2nc3c(s2)C(C)(C)CCC3(C)C)cc1. The molecule has 0 atom stereocenters. The summed E-state index contributed by atoms with van der Waals surface area (Å²) in [5.41, 5.74) is 6.28. The number of fused-ring (bicyclic) bond motifs is 1. The first kappa shape index (κ1) is 21.1. The lowest BCUT2D eigenvalue weighted by atomic mass is 9.69. The third-order valence-electron chi connectivity index (χ3n) is 6.53. The Hall–Kier alpha value is -2.13. The van der Waals surface area contributed by atoms with E-state index in [4.69, 9.17) is 4.98 Å². The second kappa shape index (κ2) is 7.85. The molecule has 0 unspecified atom stereocenters. The second-order valence-corrected chi connectivity index (χ2v) is 11.0. The fourth-order valence-electron chi connectivity index (χ4n) is 4.37. The van der Waals surface area contributed by atoms with E-state index in [0.29, 0.717) is 0 Å². The molecule has 0 bridgehead atoms. The maximum Gasteiger partial charge on any atom is 0.195 e. The molecule has 0 saturated carbocycles. The first-order valence-electron chi connectivity index (χ1n) is 11.1. The molecular weight excluding hydrogens is 384 g/mol. The zero-order valence-electron chi connectivity index (χ0n) is 19.1. The molecule has 2 aromatic rings. The van der Waals surface area contributed by atoms with Crippen LogP contribution in [0.25, 0.3) is 5.57 Å². The molecule has 0 radical (unpaired) electrons. The molecule has 4 rings (SSSR count). The maximum absolute atomic E-state index is 5.29. The number of nitrogens with zero attached hydrogens (tertiary/aromatic N) is 2. The van der Waals surface area contributed by atoms with Crippen LogP contribution in [0.1, 0.15) is 82.9 Å². The van der Waals surface area contributed by atoms with Gasteiger partial charge in [-0.05, 0) is 62.8 Å². The van der Waals surface area contributed by atoms with Crippen molar-refractivity contribution in [1.29, 1.82) is 0 Å². The number of benzene rings is 1. The lowest BCUT2D eigenvalue weighted by Crippen LogP contribution is -2.32. The predicted molar refractivity (Wildman–Crippen MR) is 132 cm³/mol. The minimum absolute atomic E-state index is 0.128. The van der Waals surface area contributed by atoms with Crippen molar-refractivity contribution >= 4 is 27.7 Å². The van der Waals surface area contributed by atoms with Crippen molar-refractivity contribution in [2.45, 2.75) is 77.6 Å². The lowest BCUT2D eigenvalue weighted by molar-refractivity contribution is 0.331. The number of allylic oxidation sites excluding steroid dienone is 4. The zero-order chi connectivity index (χ0) is 21.5. The molecule has 0 N–H and O–H groups in total. The van der Waals surface area contributed by atoms with Gasteiger partial charge in [-0.15, -0.1) is 11.3 Å². The van der Waals surface area contributed by atoms with Gasteiger partial charge in [0.2, 0.25) is 0 Å². The molecule has 0 saturated heterocycles. The summed E-state index contributed by atoms with van der Waals surface area (Å²) < 4.78 is 0. The first-order valence-corrected chi connectivity index (χ1v) is 12.0. The number of hydrogen-bond donors (Lipinski definition) is 0. The van der Waals surface area contributed by atoms with Crippen molar-refractivity contribution in [3.63, 3.8) is 0 Å². The Labute approximate surface area is 186 Å². The van der Waals surface area contributed by atoms with Crippen molar-refractivity contribution in [3.05, 3.63) is 70.9 Å². The molecule has 158 valence electrons. The number of hydrogen-bond acceptors (Lipinski definition) is 3. The van der Waals surface area contributed by atoms with Crippen LogP contribution >= 0.6 is 11.3 Å². The highest BCUT2D eigenvalue weighted by Gasteiger charge is 2.41. The summed E-state index contributed by atoms with van der Waals surface area (Å²) in [6.45, 7) is 15.6. The second-order valence-electron chi connectivity index (χ2n) is 10.1. The Bertz CT molecular complexity index is 968. The molecule has 2 nitrogen and oxygen atoms in total. The van der Waals surface area contributed by atoms with Gasteiger partial charge >= 0.3 is 0 Å². The third-order valence-corrected chi connectivity index (χ3v) is 7.94. The minimum Gasteiger partial charge on any atom is -0.287 e. The van der Waals surface area contributed by atoms with Crippen molar-refractivity contribution in [3.8, 4) is 0 Å². The smallest absolute Gasteiger partial charge is 0.195 e. The van der Waals surface area contributed by atoms with Crippen LogP contribution in [0, 0.1) is 0 Å². The average Bonchev–Trinajstić information content (AvgIpc) is 3.00. The fourth-order valence-corrected chi connectivity index (χ4v) is 5.79. The van der Waals surface area contributed by atoms with Gasteiger partial charge in [-0.1, -0.05) is 64.1 Å². The lowest BCUT2D eigenvalue weighted by Gasteiger charge is -2.37. The van der Waals surface area contributed by atoms with Crippen LogP contribution in [-0.4, -0.2) is 4.98 Å². The number of thiazole rings is 1. The van der Waals surface area contributed by atoms with Crippen molar-refractivity contribution in [2.24, 2.45) is 0 Å². The average molecular weight is 419 g/mol. The highest BCUT2D eigenvalue weighted by molar-refractivity contribution is 7.16. The summed E-state index contributed by atoms with van der Waals surface area (Å²) in [7, 11) is 0. The van der Waals surface area contributed by atoms with E-state index in [2.05, 4.69) is 88.6 Å². The molecule has 30 heavy (non-hydrogen) atoms. The van der Waals surface area contributed by atoms with E-state index in [1.54, 1.807) is 0 Å². The van der Waals surface area contributed by atoms with E-state index in [-0.39, 0.29) is 10.8 Å². The van der Waals surface area contributed by atoms with Crippen molar-refractivity contribution in [2.75, 3.05) is 4.90 Å². The molecular formula is C27H34N2S. The maximum atomic E-state index is 5.29. The monoisotopic (exact) mass is 418 g/mol. The number of rotatable bonds is 4. The van der Waals surface area contributed by atoms with Gasteiger partial charge in [0.15, 0.2) is 5.13 Å². The van der Waals surface area contributed by atoms with Gasteiger partial charge in [0.1, 0.15) is 0 Å². The van der Waals surface area contributed by atoms with E-state index >= 15 is 0 Å². The van der Waals surface area contributed by atoms with Gasteiger partial charge in [0, 0.05) is 27.1 Å². The molecule has 0 amide bonds. The third kappa shape index (κ3) is 3.92. The number of anilines is 2. The molecule has 1 aromatic carbocycles. The standard InChI is InChI=1S/C27H34N2S/c1-19(2)20-13-15-22(16-14-20)29(21-11-9-7-8-10-12-21)25-28-23-24(30-25)27(5,6)18-17-26(23,3)4/h9,11-16H,1,7-8,10,17-18H2,2-6H3. The van der Waals surface area contributed by atoms with E-state index in [0.717, 1.165) is 23.5 Å². The van der Waals surface area contributed by atoms with E-state index in [1.807, 2.05) is 11.3 Å². The van der Waals surface area contributed by atoms with Crippen LogP contribution in [0.15, 0.2) is 54.8 Å². The molecule has 2 aliphatic carbocycles. The summed E-state index contributed by atoms with van der Waals surface area (Å²) in [6.07, 6.45) is 12.8. The summed E-state index contributed by atoms with van der Waals surface area (Å²) in [6, 6.07) is 8.76. The van der Waals surface area contributed by atoms with Crippen molar-refractivity contribution in [1.82, 2.24) is 4.98 Å². The largest absolute Gasteiger partial charge is 0.287 e. The summed E-state index contributed by atoms with van der Waals surface area (Å²) in [5.74, 6) is 0. The first-order chi connectivity index (χ1) is 14.2. The molecule has 1 heterocycles. The predicted octanol–water partition coefficient (Wildman–Crippen LogP) is 8.29. The minimum atomic E-state index is 0.128.